The lowest BCUT2D eigenvalue weighted by Gasteiger charge is -2.30. The summed E-state index contributed by atoms with van der Waals surface area (Å²) in [6, 6.07) is 0. The summed E-state index contributed by atoms with van der Waals surface area (Å²) < 4.78 is 55.6. The van der Waals surface area contributed by atoms with Crippen LogP contribution in [0.3, 0.4) is 0 Å². The van der Waals surface area contributed by atoms with Crippen molar-refractivity contribution in [1.82, 2.24) is 28.9 Å². The lowest BCUT2D eigenvalue weighted by molar-refractivity contribution is 0.344. The van der Waals surface area contributed by atoms with E-state index in [1.165, 1.54) is 19.9 Å². The number of piperidine rings is 1. The van der Waals surface area contributed by atoms with Crippen molar-refractivity contribution in [3.05, 3.63) is 17.7 Å². The second kappa shape index (κ2) is 6.43. The summed E-state index contributed by atoms with van der Waals surface area (Å²) in [4.78, 5) is 0.203. The van der Waals surface area contributed by atoms with Crippen molar-refractivity contribution in [2.24, 2.45) is 14.1 Å². The fourth-order valence-electron chi connectivity index (χ4n) is 3.32. The standard InChI is InChI=1S/C14H22N6O4S2/c1-10-13(11(2)19(4)17-10)26(23,24)20-7-5-12(6-8-20)25(21,22)14-16-15-9-18(14)3/h9,12H,5-8H2,1-4H3. The second-order valence-corrected chi connectivity index (χ2v) is 10.5. The topological polar surface area (TPSA) is 120 Å². The molecule has 1 aliphatic rings. The van der Waals surface area contributed by atoms with E-state index in [1.54, 1.807) is 27.9 Å². The Kier molecular flexibility index (Phi) is 4.69. The van der Waals surface area contributed by atoms with E-state index in [9.17, 15) is 16.8 Å². The van der Waals surface area contributed by atoms with Crippen LogP contribution in [0.25, 0.3) is 0 Å². The van der Waals surface area contributed by atoms with Crippen LogP contribution in [0.15, 0.2) is 16.4 Å². The van der Waals surface area contributed by atoms with Crippen LogP contribution in [0, 0.1) is 13.8 Å². The first kappa shape index (κ1) is 19.0. The Balaban J connectivity index is 1.81. The third kappa shape index (κ3) is 2.95. The molecule has 10 nitrogen and oxygen atoms in total. The van der Waals surface area contributed by atoms with Crippen LogP contribution < -0.4 is 0 Å². The van der Waals surface area contributed by atoms with Gasteiger partial charge in [0.2, 0.25) is 25.0 Å². The van der Waals surface area contributed by atoms with Gasteiger partial charge >= 0.3 is 0 Å². The number of nitrogens with zero attached hydrogens (tertiary/aromatic N) is 6. The third-order valence-electron chi connectivity index (χ3n) is 4.80. The molecule has 1 saturated heterocycles. The highest BCUT2D eigenvalue weighted by molar-refractivity contribution is 7.92. The van der Waals surface area contributed by atoms with Gasteiger partial charge in [-0.1, -0.05) is 0 Å². The van der Waals surface area contributed by atoms with Crippen molar-refractivity contribution in [1.29, 1.82) is 0 Å². The largest absolute Gasteiger partial charge is 0.308 e. The number of hydrogen-bond acceptors (Lipinski definition) is 7. The molecule has 0 atom stereocenters. The molecule has 144 valence electrons. The minimum atomic E-state index is -3.71. The Morgan fingerprint density at radius 1 is 1.08 bits per heavy atom. The van der Waals surface area contributed by atoms with Crippen LogP contribution in [0.2, 0.25) is 0 Å². The Morgan fingerprint density at radius 3 is 2.15 bits per heavy atom. The summed E-state index contributed by atoms with van der Waals surface area (Å²) in [5.74, 6) is 0. The van der Waals surface area contributed by atoms with Crippen molar-refractivity contribution in [2.45, 2.75) is 42.0 Å². The summed E-state index contributed by atoms with van der Waals surface area (Å²) in [6.45, 7) is 3.64. The molecule has 0 amide bonds. The van der Waals surface area contributed by atoms with Crippen molar-refractivity contribution >= 4 is 19.9 Å². The van der Waals surface area contributed by atoms with Gasteiger partial charge in [0.25, 0.3) is 0 Å². The van der Waals surface area contributed by atoms with Gasteiger partial charge in [0.1, 0.15) is 11.2 Å². The fraction of sp³-hybridized carbons (Fsp3) is 0.643. The van der Waals surface area contributed by atoms with Crippen LogP contribution in [-0.4, -0.2) is 64.0 Å². The molecular formula is C14H22N6O4S2. The number of rotatable bonds is 4. The number of sulfonamides is 1. The number of aromatic nitrogens is 5. The Bertz CT molecular complexity index is 1030. The number of sulfone groups is 1. The molecule has 0 aromatic carbocycles. The molecule has 2 aromatic rings. The molecule has 0 aliphatic carbocycles. The molecule has 0 unspecified atom stereocenters. The zero-order valence-corrected chi connectivity index (χ0v) is 16.7. The molecule has 26 heavy (non-hydrogen) atoms. The van der Waals surface area contributed by atoms with E-state index in [2.05, 4.69) is 15.3 Å². The third-order valence-corrected chi connectivity index (χ3v) is 9.18. The molecule has 0 N–H and O–H groups in total. The zero-order valence-electron chi connectivity index (χ0n) is 15.1. The van der Waals surface area contributed by atoms with E-state index in [0.717, 1.165) is 0 Å². The predicted octanol–water partition coefficient (Wildman–Crippen LogP) is -0.208. The van der Waals surface area contributed by atoms with E-state index >= 15 is 0 Å². The van der Waals surface area contributed by atoms with E-state index in [4.69, 9.17) is 0 Å². The molecule has 0 bridgehead atoms. The van der Waals surface area contributed by atoms with Crippen LogP contribution in [0.1, 0.15) is 24.2 Å². The van der Waals surface area contributed by atoms with Gasteiger partial charge in [-0.15, -0.1) is 10.2 Å². The van der Waals surface area contributed by atoms with E-state index in [0.29, 0.717) is 11.4 Å². The quantitative estimate of drug-likeness (QED) is 0.694. The summed E-state index contributed by atoms with van der Waals surface area (Å²) >= 11 is 0. The van der Waals surface area contributed by atoms with Gasteiger partial charge in [-0.2, -0.15) is 9.40 Å². The van der Waals surface area contributed by atoms with Crippen LogP contribution in [0.5, 0.6) is 0 Å². The predicted molar refractivity (Wildman–Crippen MR) is 92.7 cm³/mol. The Hall–Kier alpha value is -1.79. The summed E-state index contributed by atoms with van der Waals surface area (Å²) in [5.41, 5.74) is 1.01. The number of aryl methyl sites for hydroxylation is 3. The smallest absolute Gasteiger partial charge is 0.249 e. The van der Waals surface area contributed by atoms with Gasteiger partial charge in [-0.25, -0.2) is 16.8 Å². The van der Waals surface area contributed by atoms with Crippen LogP contribution in [0.4, 0.5) is 0 Å². The first-order chi connectivity index (χ1) is 12.1. The molecule has 0 saturated carbocycles. The zero-order chi connectivity index (χ0) is 19.3. The minimum absolute atomic E-state index is 0.0854. The maximum Gasteiger partial charge on any atom is 0.249 e. The molecular weight excluding hydrogens is 380 g/mol. The average Bonchev–Trinajstić information content (AvgIpc) is 3.11. The highest BCUT2D eigenvalue weighted by atomic mass is 32.2. The van der Waals surface area contributed by atoms with E-state index < -0.39 is 25.1 Å². The molecule has 3 heterocycles. The van der Waals surface area contributed by atoms with Crippen molar-refractivity contribution in [3.63, 3.8) is 0 Å². The molecule has 1 aliphatic heterocycles. The normalized spacial score (nSPS) is 17.7. The fourth-order valence-corrected chi connectivity index (χ4v) is 6.93. The minimum Gasteiger partial charge on any atom is -0.308 e. The van der Waals surface area contributed by atoms with Crippen molar-refractivity contribution in [2.75, 3.05) is 13.1 Å². The van der Waals surface area contributed by atoms with Crippen molar-refractivity contribution < 1.29 is 16.8 Å². The maximum absolute atomic E-state index is 13.0. The molecule has 0 spiro atoms. The lowest BCUT2D eigenvalue weighted by Crippen LogP contribution is -2.43. The highest BCUT2D eigenvalue weighted by Crippen LogP contribution is 2.29. The van der Waals surface area contributed by atoms with Gasteiger partial charge in [-0.05, 0) is 26.7 Å². The van der Waals surface area contributed by atoms with E-state index in [1.807, 2.05) is 0 Å². The molecule has 12 heteroatoms. The van der Waals surface area contributed by atoms with Gasteiger partial charge < -0.3 is 4.57 Å². The molecule has 2 aromatic heterocycles. The summed E-state index contributed by atoms with van der Waals surface area (Å²) in [5, 5.41) is 10.7. The monoisotopic (exact) mass is 402 g/mol. The van der Waals surface area contributed by atoms with Gasteiger partial charge in [0.15, 0.2) is 0 Å². The van der Waals surface area contributed by atoms with Gasteiger partial charge in [0, 0.05) is 27.2 Å². The first-order valence-electron chi connectivity index (χ1n) is 8.15. The van der Waals surface area contributed by atoms with Crippen LogP contribution >= 0.6 is 0 Å². The molecule has 1 fully saturated rings. The molecule has 0 radical (unpaired) electrons. The summed E-state index contributed by atoms with van der Waals surface area (Å²) in [7, 11) is -4.09. The summed E-state index contributed by atoms with van der Waals surface area (Å²) in [6.07, 6.45) is 1.76. The molecule has 3 rings (SSSR count). The Morgan fingerprint density at radius 2 is 1.69 bits per heavy atom. The van der Waals surface area contributed by atoms with Crippen LogP contribution in [-0.2, 0) is 34.0 Å². The second-order valence-electron chi connectivity index (χ2n) is 6.50. The lowest BCUT2D eigenvalue weighted by atomic mass is 10.2. The highest BCUT2D eigenvalue weighted by Gasteiger charge is 2.39. The van der Waals surface area contributed by atoms with Gasteiger partial charge in [-0.3, -0.25) is 4.68 Å². The Labute approximate surface area is 152 Å². The SMILES string of the molecule is Cc1nn(C)c(C)c1S(=O)(=O)N1CCC(S(=O)(=O)c2nncn2C)CC1. The maximum atomic E-state index is 13.0. The van der Waals surface area contributed by atoms with E-state index in [-0.39, 0.29) is 36.0 Å². The van der Waals surface area contributed by atoms with Gasteiger partial charge in [0.05, 0.1) is 16.6 Å². The first-order valence-corrected chi connectivity index (χ1v) is 11.1. The number of hydrogen-bond donors (Lipinski definition) is 0. The van der Waals surface area contributed by atoms with Crippen molar-refractivity contribution in [3.8, 4) is 0 Å². The average molecular weight is 403 g/mol.